The summed E-state index contributed by atoms with van der Waals surface area (Å²) < 4.78 is 4.66. The number of benzene rings is 7. The normalized spacial score (nSPS) is 11.4. The lowest BCUT2D eigenvalue weighted by Gasteiger charge is -2.13. The molecule has 0 aliphatic carbocycles. The smallest absolute Gasteiger partial charge is 0.210 e. The quantitative estimate of drug-likeness (QED) is 0.169. The molecule has 0 aliphatic rings. The highest BCUT2D eigenvalue weighted by Gasteiger charge is 2.21. The summed E-state index contributed by atoms with van der Waals surface area (Å²) in [5, 5.41) is 4.73. The van der Waals surface area contributed by atoms with Gasteiger partial charge in [-0.1, -0.05) is 133 Å². The van der Waals surface area contributed by atoms with Crippen LogP contribution in [0.3, 0.4) is 0 Å². The van der Waals surface area contributed by atoms with E-state index in [0.717, 1.165) is 72.5 Å². The molecule has 10 rings (SSSR count). The van der Waals surface area contributed by atoms with Crippen LogP contribution in [0.25, 0.3) is 93.5 Å². The molecule has 0 bridgehead atoms. The second-order valence-electron chi connectivity index (χ2n) is 13.1. The molecule has 4 heteroatoms. The maximum absolute atomic E-state index is 7.95. The highest BCUT2D eigenvalue weighted by molar-refractivity contribution is 6.26. The molecule has 0 radical (unpaired) electrons. The third-order valence-electron chi connectivity index (χ3n) is 10.1. The Labute approximate surface area is 300 Å². The maximum atomic E-state index is 7.95. The predicted octanol–water partition coefficient (Wildman–Crippen LogP) is 12.8. The molecule has 7 aromatic carbocycles. The third kappa shape index (κ3) is 4.65. The fraction of sp³-hybridized carbons (Fsp3) is 0. The van der Waals surface area contributed by atoms with E-state index in [9.17, 15) is 0 Å². The van der Waals surface area contributed by atoms with Gasteiger partial charge in [-0.15, -0.1) is 0 Å². The molecule has 3 heterocycles. The zero-order chi connectivity index (χ0) is 34.6. The Hall–Kier alpha value is -7.22. The molecule has 0 saturated heterocycles. The minimum Gasteiger partial charge on any atom is -0.319 e. The Balaban J connectivity index is 1.20. The molecule has 0 spiro atoms. The van der Waals surface area contributed by atoms with Gasteiger partial charge in [-0.05, 0) is 59.7 Å². The number of fused-ring (bicyclic) bond motifs is 7. The van der Waals surface area contributed by atoms with Crippen molar-refractivity contribution in [2.45, 2.75) is 0 Å². The number of pyridine rings is 1. The molecule has 52 heavy (non-hydrogen) atoms. The molecule has 4 nitrogen and oxygen atoms in total. The Bertz CT molecular complexity index is 2940. The second kappa shape index (κ2) is 12.0. The van der Waals surface area contributed by atoms with Crippen molar-refractivity contribution in [3.8, 4) is 45.0 Å². The highest BCUT2D eigenvalue weighted by atomic mass is 15.0. The molecule has 242 valence electrons. The largest absolute Gasteiger partial charge is 0.319 e. The molecule has 0 saturated carbocycles. The standard InChI is InChI=1S/C48H30N4/c1-49-40-20-10-13-23-45(40)52-44-22-12-9-19-39(44)47-46(52)29-28-38-37-18-8-11-21-43(37)51(48(38)47)36-26-24-32(25-27-36)35-30-41(33-14-4-2-5-15-33)50-42(31-35)34-16-6-3-7-17-34/h2-31H. The van der Waals surface area contributed by atoms with E-state index in [0.29, 0.717) is 5.69 Å². The van der Waals surface area contributed by atoms with Gasteiger partial charge in [0, 0.05) is 38.4 Å². The van der Waals surface area contributed by atoms with E-state index in [2.05, 4.69) is 160 Å². The number of para-hydroxylation sites is 4. The zero-order valence-electron chi connectivity index (χ0n) is 28.1. The Morgan fingerprint density at radius 3 is 1.67 bits per heavy atom. The maximum Gasteiger partial charge on any atom is 0.210 e. The average molecular weight is 663 g/mol. The molecular formula is C48H30N4. The summed E-state index contributed by atoms with van der Waals surface area (Å²) in [7, 11) is 0. The van der Waals surface area contributed by atoms with E-state index < -0.39 is 0 Å². The Morgan fingerprint density at radius 2 is 1.00 bits per heavy atom. The van der Waals surface area contributed by atoms with Gasteiger partial charge in [0.2, 0.25) is 5.69 Å². The first-order valence-electron chi connectivity index (χ1n) is 17.4. The number of rotatable bonds is 5. The number of hydrogen-bond acceptors (Lipinski definition) is 1. The number of nitrogens with zero attached hydrogens (tertiary/aromatic N) is 4. The molecule has 0 amide bonds. The topological polar surface area (TPSA) is 27.1 Å². The lowest BCUT2D eigenvalue weighted by Crippen LogP contribution is -1.96. The molecule has 3 aromatic heterocycles. The van der Waals surface area contributed by atoms with Crippen molar-refractivity contribution in [3.05, 3.63) is 193 Å². The van der Waals surface area contributed by atoms with Crippen LogP contribution in [0, 0.1) is 6.57 Å². The summed E-state index contributed by atoms with van der Waals surface area (Å²) in [6, 6.07) is 63.6. The van der Waals surface area contributed by atoms with Gasteiger partial charge in [0.25, 0.3) is 0 Å². The van der Waals surface area contributed by atoms with Gasteiger partial charge in [-0.25, -0.2) is 9.83 Å². The lowest BCUT2D eigenvalue weighted by molar-refractivity contribution is 1.18. The first-order valence-corrected chi connectivity index (χ1v) is 17.4. The van der Waals surface area contributed by atoms with Crippen molar-refractivity contribution in [1.29, 1.82) is 0 Å². The summed E-state index contributed by atoms with van der Waals surface area (Å²) in [5.74, 6) is 0. The summed E-state index contributed by atoms with van der Waals surface area (Å²) in [4.78, 5) is 8.99. The fourth-order valence-electron chi connectivity index (χ4n) is 7.80. The van der Waals surface area contributed by atoms with E-state index in [4.69, 9.17) is 11.6 Å². The minimum atomic E-state index is 0.628. The van der Waals surface area contributed by atoms with Crippen molar-refractivity contribution in [3.63, 3.8) is 0 Å². The van der Waals surface area contributed by atoms with E-state index in [1.807, 2.05) is 36.4 Å². The van der Waals surface area contributed by atoms with Crippen molar-refractivity contribution in [1.82, 2.24) is 14.1 Å². The summed E-state index contributed by atoms with van der Waals surface area (Å²) >= 11 is 0. The summed E-state index contributed by atoms with van der Waals surface area (Å²) in [6.45, 7) is 7.95. The highest BCUT2D eigenvalue weighted by Crippen LogP contribution is 2.43. The molecule has 0 aliphatic heterocycles. The third-order valence-corrected chi connectivity index (χ3v) is 10.1. The van der Waals surface area contributed by atoms with Crippen molar-refractivity contribution in [2.75, 3.05) is 0 Å². The van der Waals surface area contributed by atoms with Crippen LogP contribution in [0.4, 0.5) is 5.69 Å². The fourth-order valence-corrected chi connectivity index (χ4v) is 7.80. The van der Waals surface area contributed by atoms with Crippen molar-refractivity contribution >= 4 is 49.3 Å². The second-order valence-corrected chi connectivity index (χ2v) is 13.1. The molecule has 0 fully saturated rings. The SMILES string of the molecule is [C-]#[N+]c1ccccc1-n1c2ccccc2c2c1ccc1c3ccccc3n(-c3ccc(-c4cc(-c5ccccc5)nc(-c5ccccc5)c4)cc3)c12. The molecule has 0 unspecified atom stereocenters. The summed E-state index contributed by atoms with van der Waals surface area (Å²) in [5.41, 5.74) is 13.4. The molecular weight excluding hydrogens is 633 g/mol. The van der Waals surface area contributed by atoms with Gasteiger partial charge in [0.1, 0.15) is 0 Å². The monoisotopic (exact) mass is 662 g/mol. The predicted molar refractivity (Wildman–Crippen MR) is 215 cm³/mol. The minimum absolute atomic E-state index is 0.628. The van der Waals surface area contributed by atoms with Crippen LogP contribution in [0.15, 0.2) is 182 Å². The first-order chi connectivity index (χ1) is 25.8. The van der Waals surface area contributed by atoms with E-state index in [1.54, 1.807) is 0 Å². The van der Waals surface area contributed by atoms with Gasteiger partial charge >= 0.3 is 0 Å². The van der Waals surface area contributed by atoms with Gasteiger partial charge in [-0.3, -0.25) is 0 Å². The van der Waals surface area contributed by atoms with E-state index in [1.165, 1.54) is 16.2 Å². The van der Waals surface area contributed by atoms with Crippen LogP contribution in [-0.2, 0) is 0 Å². The van der Waals surface area contributed by atoms with Crippen LogP contribution < -0.4 is 0 Å². The zero-order valence-corrected chi connectivity index (χ0v) is 28.1. The lowest BCUT2D eigenvalue weighted by atomic mass is 10.00. The molecule has 0 N–H and O–H groups in total. The van der Waals surface area contributed by atoms with E-state index in [-0.39, 0.29) is 0 Å². The Kier molecular flexibility index (Phi) is 6.84. The van der Waals surface area contributed by atoms with Crippen molar-refractivity contribution in [2.24, 2.45) is 0 Å². The summed E-state index contributed by atoms with van der Waals surface area (Å²) in [6.07, 6.45) is 0. The van der Waals surface area contributed by atoms with Crippen LogP contribution in [0.1, 0.15) is 0 Å². The van der Waals surface area contributed by atoms with Crippen LogP contribution >= 0.6 is 0 Å². The Morgan fingerprint density at radius 1 is 0.423 bits per heavy atom. The number of hydrogen-bond donors (Lipinski definition) is 0. The van der Waals surface area contributed by atoms with Crippen LogP contribution in [0.5, 0.6) is 0 Å². The van der Waals surface area contributed by atoms with Crippen LogP contribution in [0.2, 0.25) is 0 Å². The average Bonchev–Trinajstić information content (AvgIpc) is 3.74. The van der Waals surface area contributed by atoms with Gasteiger partial charge in [0.05, 0.1) is 45.7 Å². The van der Waals surface area contributed by atoms with Crippen molar-refractivity contribution < 1.29 is 0 Å². The van der Waals surface area contributed by atoms with Crippen LogP contribution in [-0.4, -0.2) is 14.1 Å². The first kappa shape index (κ1) is 29.7. The van der Waals surface area contributed by atoms with Gasteiger partial charge in [0.15, 0.2) is 0 Å². The van der Waals surface area contributed by atoms with Gasteiger partial charge < -0.3 is 9.13 Å². The van der Waals surface area contributed by atoms with Gasteiger partial charge in [-0.2, -0.15) is 0 Å². The number of aromatic nitrogens is 3. The molecule has 10 aromatic rings. The van der Waals surface area contributed by atoms with E-state index >= 15 is 0 Å². The molecule has 0 atom stereocenters.